The number of carbonyl (C=O) groups is 3. The monoisotopic (exact) mass is 438 g/mol. The first-order chi connectivity index (χ1) is 15.3. The number of carbonyl (C=O) groups excluding carboxylic acids is 3. The molecule has 1 fully saturated rings. The first-order valence-electron chi connectivity index (χ1n) is 11.0. The van der Waals surface area contributed by atoms with Crippen molar-refractivity contribution < 1.29 is 19.1 Å². The van der Waals surface area contributed by atoms with Gasteiger partial charge in [0.1, 0.15) is 17.1 Å². The molecule has 0 N–H and O–H groups in total. The Kier molecular flexibility index (Phi) is 7.22. The molecule has 1 atom stereocenters. The van der Waals surface area contributed by atoms with Crippen molar-refractivity contribution in [1.82, 2.24) is 19.8 Å². The van der Waals surface area contributed by atoms with Gasteiger partial charge in [0, 0.05) is 31.2 Å². The first-order valence-corrected chi connectivity index (χ1v) is 11.0. The SMILES string of the molecule is CCOC(=O)c1c(C)nc(C)nc1C(=O)N1CCN(C(=O)c2ccc(CC)cc2)C(C)C1. The first kappa shape index (κ1) is 23.4. The Morgan fingerprint density at radius 2 is 1.72 bits per heavy atom. The lowest BCUT2D eigenvalue weighted by atomic mass is 10.1. The Bertz CT molecular complexity index is 1020. The fourth-order valence-corrected chi connectivity index (χ4v) is 3.96. The Labute approximate surface area is 188 Å². The quantitative estimate of drug-likeness (QED) is 0.667. The lowest BCUT2D eigenvalue weighted by Crippen LogP contribution is -2.55. The van der Waals surface area contributed by atoms with Crippen LogP contribution in [0, 0.1) is 13.8 Å². The molecule has 0 saturated carbocycles. The van der Waals surface area contributed by atoms with Crippen molar-refractivity contribution in [3.63, 3.8) is 0 Å². The average molecular weight is 439 g/mol. The number of amides is 2. The number of benzene rings is 1. The van der Waals surface area contributed by atoms with Crippen LogP contribution < -0.4 is 0 Å². The maximum Gasteiger partial charge on any atom is 0.342 e. The highest BCUT2D eigenvalue weighted by Gasteiger charge is 2.33. The van der Waals surface area contributed by atoms with Gasteiger partial charge in [-0.2, -0.15) is 0 Å². The predicted molar refractivity (Wildman–Crippen MR) is 120 cm³/mol. The lowest BCUT2D eigenvalue weighted by Gasteiger charge is -2.40. The van der Waals surface area contributed by atoms with E-state index >= 15 is 0 Å². The maximum absolute atomic E-state index is 13.3. The van der Waals surface area contributed by atoms with Crippen molar-refractivity contribution in [2.45, 2.75) is 47.1 Å². The molecule has 1 aliphatic heterocycles. The number of esters is 1. The van der Waals surface area contributed by atoms with E-state index in [1.54, 1.807) is 30.6 Å². The number of ether oxygens (including phenoxy) is 1. The zero-order valence-electron chi connectivity index (χ0n) is 19.3. The Morgan fingerprint density at radius 1 is 1.03 bits per heavy atom. The molecular weight excluding hydrogens is 408 g/mol. The molecule has 8 nitrogen and oxygen atoms in total. The second kappa shape index (κ2) is 9.89. The van der Waals surface area contributed by atoms with E-state index in [9.17, 15) is 14.4 Å². The second-order valence-electron chi connectivity index (χ2n) is 7.95. The van der Waals surface area contributed by atoms with Crippen molar-refractivity contribution in [3.05, 3.63) is 58.2 Å². The van der Waals surface area contributed by atoms with Gasteiger partial charge in [-0.05, 0) is 51.8 Å². The van der Waals surface area contributed by atoms with Gasteiger partial charge in [0.25, 0.3) is 11.8 Å². The molecule has 0 aliphatic carbocycles. The van der Waals surface area contributed by atoms with Gasteiger partial charge in [-0.15, -0.1) is 0 Å². The highest BCUT2D eigenvalue weighted by atomic mass is 16.5. The third-order valence-corrected chi connectivity index (χ3v) is 5.67. The summed E-state index contributed by atoms with van der Waals surface area (Å²) in [4.78, 5) is 50.7. The Balaban J connectivity index is 1.78. The summed E-state index contributed by atoms with van der Waals surface area (Å²) < 4.78 is 5.12. The van der Waals surface area contributed by atoms with Gasteiger partial charge in [0.2, 0.25) is 0 Å². The number of hydrogen-bond donors (Lipinski definition) is 0. The number of nitrogens with zero attached hydrogens (tertiary/aromatic N) is 4. The van der Waals surface area contributed by atoms with Crippen LogP contribution in [0.1, 0.15) is 69.1 Å². The number of piperazine rings is 1. The molecule has 2 aromatic rings. The molecule has 32 heavy (non-hydrogen) atoms. The number of hydrogen-bond acceptors (Lipinski definition) is 6. The molecule has 0 spiro atoms. The molecular formula is C24H30N4O4. The molecule has 1 aliphatic rings. The number of aryl methyl sites for hydroxylation is 3. The van der Waals surface area contributed by atoms with E-state index in [1.807, 2.05) is 31.2 Å². The Hall–Kier alpha value is -3.29. The van der Waals surface area contributed by atoms with Crippen molar-refractivity contribution in [3.8, 4) is 0 Å². The molecule has 1 saturated heterocycles. The van der Waals surface area contributed by atoms with E-state index in [0.717, 1.165) is 6.42 Å². The third kappa shape index (κ3) is 4.79. The third-order valence-electron chi connectivity index (χ3n) is 5.67. The highest BCUT2D eigenvalue weighted by molar-refractivity contribution is 6.04. The summed E-state index contributed by atoms with van der Waals surface area (Å²) in [7, 11) is 0. The van der Waals surface area contributed by atoms with Crippen LogP contribution in [-0.2, 0) is 11.2 Å². The molecule has 8 heteroatoms. The number of rotatable bonds is 5. The summed E-state index contributed by atoms with van der Waals surface area (Å²) in [5.41, 5.74) is 2.38. The summed E-state index contributed by atoms with van der Waals surface area (Å²) in [5.74, 6) is -0.594. The molecule has 0 radical (unpaired) electrons. The van der Waals surface area contributed by atoms with Crippen LogP contribution in [0.3, 0.4) is 0 Å². The van der Waals surface area contributed by atoms with Crippen molar-refractivity contribution >= 4 is 17.8 Å². The van der Waals surface area contributed by atoms with Crippen LogP contribution in [0.5, 0.6) is 0 Å². The van der Waals surface area contributed by atoms with Crippen molar-refractivity contribution in [1.29, 1.82) is 0 Å². The summed E-state index contributed by atoms with van der Waals surface area (Å²) in [6.45, 7) is 10.3. The van der Waals surface area contributed by atoms with Gasteiger partial charge >= 0.3 is 5.97 Å². The molecule has 0 bridgehead atoms. The smallest absolute Gasteiger partial charge is 0.342 e. The van der Waals surface area contributed by atoms with Crippen molar-refractivity contribution in [2.24, 2.45) is 0 Å². The van der Waals surface area contributed by atoms with Crippen LogP contribution in [-0.4, -0.2) is 69.8 Å². The zero-order chi connectivity index (χ0) is 23.4. The Morgan fingerprint density at radius 3 is 2.31 bits per heavy atom. The molecule has 3 rings (SSSR count). The van der Waals surface area contributed by atoms with E-state index in [2.05, 4.69) is 16.9 Å². The van der Waals surface area contributed by atoms with E-state index in [0.29, 0.717) is 36.7 Å². The fraction of sp³-hybridized carbons (Fsp3) is 0.458. The normalized spacial score (nSPS) is 16.1. The van der Waals surface area contributed by atoms with Gasteiger partial charge in [0.05, 0.1) is 12.3 Å². The van der Waals surface area contributed by atoms with E-state index < -0.39 is 5.97 Å². The molecule has 1 unspecified atom stereocenters. The summed E-state index contributed by atoms with van der Waals surface area (Å²) in [6, 6.07) is 7.46. The largest absolute Gasteiger partial charge is 0.462 e. The summed E-state index contributed by atoms with van der Waals surface area (Å²) >= 11 is 0. The van der Waals surface area contributed by atoms with Crippen LogP contribution in [0.25, 0.3) is 0 Å². The zero-order valence-corrected chi connectivity index (χ0v) is 19.3. The second-order valence-corrected chi connectivity index (χ2v) is 7.95. The van der Waals surface area contributed by atoms with Crippen LogP contribution in [0.4, 0.5) is 0 Å². The lowest BCUT2D eigenvalue weighted by molar-refractivity contribution is 0.0406. The highest BCUT2D eigenvalue weighted by Crippen LogP contribution is 2.20. The number of aromatic nitrogens is 2. The van der Waals surface area contributed by atoms with Gasteiger partial charge in [-0.3, -0.25) is 9.59 Å². The fourth-order valence-electron chi connectivity index (χ4n) is 3.96. The van der Waals surface area contributed by atoms with E-state index in [4.69, 9.17) is 4.74 Å². The average Bonchev–Trinajstić information content (AvgIpc) is 2.77. The molecule has 170 valence electrons. The molecule has 2 heterocycles. The van der Waals surface area contributed by atoms with Gasteiger partial charge in [0.15, 0.2) is 0 Å². The van der Waals surface area contributed by atoms with E-state index in [1.165, 1.54) is 5.56 Å². The predicted octanol–water partition coefficient (Wildman–Crippen LogP) is 2.82. The van der Waals surface area contributed by atoms with Gasteiger partial charge in [-0.1, -0.05) is 19.1 Å². The van der Waals surface area contributed by atoms with E-state index in [-0.39, 0.29) is 35.7 Å². The van der Waals surface area contributed by atoms with Crippen LogP contribution in [0.2, 0.25) is 0 Å². The van der Waals surface area contributed by atoms with Crippen molar-refractivity contribution in [2.75, 3.05) is 26.2 Å². The topological polar surface area (TPSA) is 92.7 Å². The minimum Gasteiger partial charge on any atom is -0.462 e. The summed E-state index contributed by atoms with van der Waals surface area (Å²) in [5, 5.41) is 0. The molecule has 1 aromatic heterocycles. The minimum absolute atomic E-state index is 0.0480. The standard InChI is InChI=1S/C24H30N4O4/c1-6-18-8-10-19(11-9-18)22(29)28-13-12-27(14-15(28)3)23(30)21-20(24(31)32-7-2)16(4)25-17(5)26-21/h8-11,15H,6-7,12-14H2,1-5H3. The molecule has 1 aromatic carbocycles. The molecule has 2 amide bonds. The minimum atomic E-state index is -0.606. The van der Waals surface area contributed by atoms with Crippen LogP contribution >= 0.6 is 0 Å². The maximum atomic E-state index is 13.3. The van der Waals surface area contributed by atoms with Gasteiger partial charge in [-0.25, -0.2) is 14.8 Å². The van der Waals surface area contributed by atoms with Gasteiger partial charge < -0.3 is 14.5 Å². The van der Waals surface area contributed by atoms with Crippen LogP contribution in [0.15, 0.2) is 24.3 Å². The summed E-state index contributed by atoms with van der Waals surface area (Å²) in [6.07, 6.45) is 0.918.